The molecule has 4 aliphatic rings. The first-order chi connectivity index (χ1) is 18.7. The number of rotatable bonds is 5. The molecular weight excluding hydrogens is 496 g/mol. The van der Waals surface area contributed by atoms with Gasteiger partial charge in [0.1, 0.15) is 23.4 Å². The predicted molar refractivity (Wildman–Crippen MR) is 147 cm³/mol. The van der Waals surface area contributed by atoms with Crippen LogP contribution in [0.5, 0.6) is 5.75 Å². The van der Waals surface area contributed by atoms with Gasteiger partial charge in [-0.15, -0.1) is 0 Å². The summed E-state index contributed by atoms with van der Waals surface area (Å²) in [5, 5.41) is 6.19. The van der Waals surface area contributed by atoms with Crippen LogP contribution in [0.1, 0.15) is 83.7 Å². The van der Waals surface area contributed by atoms with Gasteiger partial charge in [0.15, 0.2) is 0 Å². The molecule has 0 aromatic heterocycles. The van der Waals surface area contributed by atoms with Crippen LogP contribution in [0.4, 0.5) is 4.79 Å². The Hall–Kier alpha value is -2.81. The molecule has 1 aromatic carbocycles. The molecule has 0 radical (unpaired) electrons. The van der Waals surface area contributed by atoms with E-state index < -0.39 is 23.8 Å². The van der Waals surface area contributed by atoms with Gasteiger partial charge in [0, 0.05) is 31.1 Å². The number of piperazine rings is 1. The highest BCUT2D eigenvalue weighted by molar-refractivity contribution is 5.92. The van der Waals surface area contributed by atoms with E-state index in [0.29, 0.717) is 26.1 Å². The van der Waals surface area contributed by atoms with Crippen LogP contribution in [0.25, 0.3) is 0 Å². The number of carbonyl (C=O) groups is 3. The lowest BCUT2D eigenvalue weighted by atomic mass is 9.83. The van der Waals surface area contributed by atoms with Crippen molar-refractivity contribution < 1.29 is 23.9 Å². The van der Waals surface area contributed by atoms with Crippen LogP contribution in [-0.4, -0.2) is 77.7 Å². The highest BCUT2D eigenvalue weighted by Crippen LogP contribution is 2.33. The molecule has 2 N–H and O–H groups in total. The van der Waals surface area contributed by atoms with Gasteiger partial charge >= 0.3 is 6.09 Å². The van der Waals surface area contributed by atoms with Gasteiger partial charge in [-0.05, 0) is 65.0 Å². The van der Waals surface area contributed by atoms with E-state index in [2.05, 4.69) is 15.5 Å². The maximum absolute atomic E-state index is 14.3. The van der Waals surface area contributed by atoms with Gasteiger partial charge in [-0.2, -0.15) is 0 Å². The molecule has 9 nitrogen and oxygen atoms in total. The van der Waals surface area contributed by atoms with Crippen LogP contribution < -0.4 is 15.4 Å². The molecule has 214 valence electrons. The van der Waals surface area contributed by atoms with Gasteiger partial charge in [-0.1, -0.05) is 37.5 Å². The molecule has 0 spiro atoms. The molecular formula is C30H44N4O5. The van der Waals surface area contributed by atoms with Crippen LogP contribution in [-0.2, 0) is 14.3 Å². The van der Waals surface area contributed by atoms with Crippen LogP contribution in [0.3, 0.4) is 0 Å². The monoisotopic (exact) mass is 540 g/mol. The number of alkyl carbamates (subject to hydrolysis) is 1. The van der Waals surface area contributed by atoms with Crippen molar-refractivity contribution in [2.24, 2.45) is 5.92 Å². The third-order valence-corrected chi connectivity index (χ3v) is 8.61. The van der Waals surface area contributed by atoms with E-state index in [0.717, 1.165) is 62.8 Å². The summed E-state index contributed by atoms with van der Waals surface area (Å²) < 4.78 is 11.3. The average Bonchev–Trinajstić information content (AvgIpc) is 3.38. The van der Waals surface area contributed by atoms with Gasteiger partial charge < -0.3 is 25.0 Å². The summed E-state index contributed by atoms with van der Waals surface area (Å²) in [7, 11) is 0. The molecule has 9 heteroatoms. The van der Waals surface area contributed by atoms with Crippen molar-refractivity contribution in [2.75, 3.05) is 26.2 Å². The third kappa shape index (κ3) is 6.51. The average molecular weight is 541 g/mol. The van der Waals surface area contributed by atoms with E-state index in [9.17, 15) is 14.4 Å². The Labute approximate surface area is 231 Å². The second-order valence-electron chi connectivity index (χ2n) is 12.6. The van der Waals surface area contributed by atoms with E-state index in [1.54, 1.807) is 4.90 Å². The van der Waals surface area contributed by atoms with Crippen LogP contribution >= 0.6 is 0 Å². The number of benzene rings is 1. The Morgan fingerprint density at radius 2 is 1.77 bits per heavy atom. The van der Waals surface area contributed by atoms with E-state index in [4.69, 9.17) is 9.47 Å². The molecule has 4 atom stereocenters. The number of hydrogen-bond acceptors (Lipinski definition) is 6. The molecule has 39 heavy (non-hydrogen) atoms. The highest BCUT2D eigenvalue weighted by Gasteiger charge is 2.45. The van der Waals surface area contributed by atoms with Crippen molar-refractivity contribution in [1.82, 2.24) is 20.4 Å². The second-order valence-corrected chi connectivity index (χ2v) is 12.6. The quantitative estimate of drug-likeness (QED) is 0.590. The van der Waals surface area contributed by atoms with E-state index in [1.807, 2.05) is 45.0 Å². The lowest BCUT2D eigenvalue weighted by Gasteiger charge is -2.45. The minimum Gasteiger partial charge on any atom is -0.493 e. The molecule has 0 unspecified atom stereocenters. The maximum Gasteiger partial charge on any atom is 0.408 e. The fourth-order valence-corrected chi connectivity index (χ4v) is 6.71. The fourth-order valence-electron chi connectivity index (χ4n) is 6.71. The first-order valence-corrected chi connectivity index (χ1v) is 14.8. The summed E-state index contributed by atoms with van der Waals surface area (Å²) in [6.45, 7) is 7.94. The number of nitrogens with zero attached hydrogens (tertiary/aromatic N) is 2. The maximum atomic E-state index is 14.3. The van der Waals surface area contributed by atoms with Crippen LogP contribution in [0, 0.1) is 5.92 Å². The molecule has 5 rings (SSSR count). The van der Waals surface area contributed by atoms with E-state index >= 15 is 0 Å². The summed E-state index contributed by atoms with van der Waals surface area (Å²) in [4.78, 5) is 45.2. The minimum atomic E-state index is -0.702. The van der Waals surface area contributed by atoms with Crippen LogP contribution in [0.2, 0.25) is 0 Å². The fraction of sp³-hybridized carbons (Fsp3) is 0.700. The Bertz CT molecular complexity index is 1050. The largest absolute Gasteiger partial charge is 0.493 e. The zero-order chi connectivity index (χ0) is 27.6. The molecule has 1 aromatic rings. The Morgan fingerprint density at radius 1 is 1.00 bits per heavy atom. The third-order valence-electron chi connectivity index (χ3n) is 8.61. The van der Waals surface area contributed by atoms with Crippen molar-refractivity contribution in [2.45, 2.75) is 102 Å². The Kier molecular flexibility index (Phi) is 8.35. The van der Waals surface area contributed by atoms with Crippen LogP contribution in [0.15, 0.2) is 24.3 Å². The summed E-state index contributed by atoms with van der Waals surface area (Å²) in [5.41, 5.74) is 0.304. The summed E-state index contributed by atoms with van der Waals surface area (Å²) >= 11 is 0. The summed E-state index contributed by atoms with van der Waals surface area (Å²) in [6.07, 6.45) is 7.16. The van der Waals surface area contributed by atoms with Gasteiger partial charge in [-0.3, -0.25) is 14.5 Å². The second kappa shape index (κ2) is 11.7. The van der Waals surface area contributed by atoms with Gasteiger partial charge in [0.2, 0.25) is 11.8 Å². The number of hydrogen-bond donors (Lipinski definition) is 2. The Balaban J connectivity index is 1.38. The molecule has 0 bridgehead atoms. The lowest BCUT2D eigenvalue weighted by Crippen LogP contribution is -2.66. The smallest absolute Gasteiger partial charge is 0.408 e. The molecule has 3 aliphatic heterocycles. The number of ether oxygens (including phenoxy) is 2. The summed E-state index contributed by atoms with van der Waals surface area (Å²) in [6, 6.07) is 6.57. The normalized spacial score (nSPS) is 26.5. The number of amides is 3. The molecule has 1 saturated carbocycles. The zero-order valence-corrected chi connectivity index (χ0v) is 23.6. The lowest BCUT2D eigenvalue weighted by molar-refractivity contribution is -0.148. The minimum absolute atomic E-state index is 0.0338. The first kappa shape index (κ1) is 27.7. The number of carbonyl (C=O) groups excluding carboxylic acids is 3. The molecule has 1 aliphatic carbocycles. The topological polar surface area (TPSA) is 100 Å². The highest BCUT2D eigenvalue weighted by atomic mass is 16.6. The standard InChI is InChI=1S/C30H44N4O5/c1-30(2,3)39-29(37)32-26(20-10-5-4-6-11-20)28(36)34-18-21-12-9-16-33(21)19-24(34)27(35)31-23-15-17-38-25-14-8-7-13-22(23)25/h7-8,13-14,20-21,23-24,26H,4-6,9-12,15-19H2,1-3H3,(H,31,35)(H,32,37)/t21-,23+,24-,26-/m0/s1. The van der Waals surface area contributed by atoms with Gasteiger partial charge in [0.25, 0.3) is 0 Å². The van der Waals surface area contributed by atoms with Crippen molar-refractivity contribution in [1.29, 1.82) is 0 Å². The SMILES string of the molecule is CC(C)(C)OC(=O)N[C@H](C(=O)N1C[C@@H]2CCCN2C[C@H]1C(=O)N[C@@H]1CCOc2ccccc21)C1CCCCC1. The van der Waals surface area contributed by atoms with E-state index in [-0.39, 0.29) is 29.8 Å². The van der Waals surface area contributed by atoms with Crippen molar-refractivity contribution >= 4 is 17.9 Å². The van der Waals surface area contributed by atoms with E-state index in [1.165, 1.54) is 0 Å². The molecule has 3 heterocycles. The van der Waals surface area contributed by atoms with Crippen molar-refractivity contribution in [3.05, 3.63) is 29.8 Å². The van der Waals surface area contributed by atoms with Gasteiger partial charge in [0.05, 0.1) is 12.6 Å². The molecule has 2 saturated heterocycles. The summed E-state index contributed by atoms with van der Waals surface area (Å²) in [5.74, 6) is 0.525. The Morgan fingerprint density at radius 3 is 2.54 bits per heavy atom. The number of fused-ring (bicyclic) bond motifs is 2. The predicted octanol–water partition coefficient (Wildman–Crippen LogP) is 3.78. The van der Waals surface area contributed by atoms with Gasteiger partial charge in [-0.25, -0.2) is 4.79 Å². The number of nitrogens with one attached hydrogen (secondary N) is 2. The van der Waals surface area contributed by atoms with Crippen molar-refractivity contribution in [3.63, 3.8) is 0 Å². The number of para-hydroxylation sites is 1. The first-order valence-electron chi connectivity index (χ1n) is 14.8. The van der Waals surface area contributed by atoms with Crippen molar-refractivity contribution in [3.8, 4) is 5.75 Å². The zero-order valence-electron chi connectivity index (χ0n) is 23.6. The molecule has 3 amide bonds. The molecule has 3 fully saturated rings.